The van der Waals surface area contributed by atoms with Gasteiger partial charge in [-0.1, -0.05) is 18.2 Å². The van der Waals surface area contributed by atoms with E-state index in [0.717, 1.165) is 0 Å². The van der Waals surface area contributed by atoms with Gasteiger partial charge in [0.2, 0.25) is 11.8 Å². The molecule has 6 atom stereocenters. The number of nitrogen functional groups attached to an aromatic ring is 1. The molecule has 224 valence electrons. The number of nitrogens with zero attached hydrogens (tertiary/aromatic N) is 4. The summed E-state index contributed by atoms with van der Waals surface area (Å²) in [4.78, 5) is 25.0. The number of halogens is 1. The number of esters is 1. The molecule has 0 radical (unpaired) electrons. The summed E-state index contributed by atoms with van der Waals surface area (Å²) in [5, 5.41) is 13.9. The van der Waals surface area contributed by atoms with E-state index in [9.17, 15) is 9.90 Å². The Morgan fingerprint density at radius 3 is 2.68 bits per heavy atom. The first-order chi connectivity index (χ1) is 19.3. The molecule has 13 nitrogen and oxygen atoms in total. The predicted molar refractivity (Wildman–Crippen MR) is 151 cm³/mol. The number of aromatic nitrogens is 4. The molecule has 1 aromatic carbocycles. The van der Waals surface area contributed by atoms with Gasteiger partial charge in [-0.15, -0.1) is 0 Å². The molecule has 1 saturated heterocycles. The SMILES string of the molecule is CCOc1nc(N)nc2c1ncn2C1O[C@H](COP(=S)(N[C@H](C)C(=O)OC(C)C)Oc2ccccc2)[C@@H](O)[C@@]1(C)F. The third-order valence-electron chi connectivity index (χ3n) is 6.09. The number of imidazole rings is 1. The number of carbonyl (C=O) groups is 1. The minimum Gasteiger partial charge on any atom is -0.476 e. The Bertz CT molecular complexity index is 1410. The molecule has 3 heterocycles. The van der Waals surface area contributed by atoms with Gasteiger partial charge in [0, 0.05) is 0 Å². The highest BCUT2D eigenvalue weighted by atomic mass is 32.5. The number of fused-ring (bicyclic) bond motifs is 1. The van der Waals surface area contributed by atoms with Crippen LogP contribution in [0.25, 0.3) is 11.2 Å². The van der Waals surface area contributed by atoms with Crippen molar-refractivity contribution < 1.29 is 37.5 Å². The van der Waals surface area contributed by atoms with Crippen LogP contribution < -0.4 is 20.1 Å². The molecular formula is C25H34FN6O7PS. The quantitative estimate of drug-likeness (QED) is 0.202. The number of carbonyl (C=O) groups excluding carboxylic acids is 1. The molecule has 1 aliphatic heterocycles. The second-order valence-electron chi connectivity index (χ2n) is 9.80. The van der Waals surface area contributed by atoms with Gasteiger partial charge in [-0.25, -0.2) is 14.5 Å². The minimum absolute atomic E-state index is 0.100. The maximum absolute atomic E-state index is 16.1. The number of ether oxygens (including phenoxy) is 3. The van der Waals surface area contributed by atoms with Crippen molar-refractivity contribution in [2.75, 3.05) is 18.9 Å². The van der Waals surface area contributed by atoms with Gasteiger partial charge in [0.25, 0.3) is 0 Å². The molecule has 0 bridgehead atoms. The first kappa shape index (κ1) is 31.0. The van der Waals surface area contributed by atoms with Crippen LogP contribution in [-0.4, -0.2) is 73.8 Å². The van der Waals surface area contributed by atoms with Gasteiger partial charge in [0.1, 0.15) is 24.0 Å². The van der Waals surface area contributed by atoms with Crippen LogP contribution in [-0.2, 0) is 30.6 Å². The van der Waals surface area contributed by atoms with E-state index < -0.39 is 42.8 Å². The molecule has 2 aromatic heterocycles. The lowest BCUT2D eigenvalue weighted by Gasteiger charge is -2.28. The summed E-state index contributed by atoms with van der Waals surface area (Å²) in [6, 6.07) is 7.75. The van der Waals surface area contributed by atoms with Crippen LogP contribution >= 0.6 is 6.64 Å². The summed E-state index contributed by atoms with van der Waals surface area (Å²) in [5.74, 6) is -0.122. The summed E-state index contributed by atoms with van der Waals surface area (Å²) in [6.07, 6.45) is -3.21. The molecule has 4 rings (SSSR count). The number of nitrogens with one attached hydrogen (secondary N) is 1. The Labute approximate surface area is 241 Å². The highest BCUT2D eigenvalue weighted by Crippen LogP contribution is 2.48. The van der Waals surface area contributed by atoms with Crippen LogP contribution in [0, 0.1) is 0 Å². The number of rotatable bonds is 12. The van der Waals surface area contributed by atoms with Crippen molar-refractivity contribution in [1.29, 1.82) is 0 Å². The van der Waals surface area contributed by atoms with Gasteiger partial charge < -0.3 is 34.1 Å². The summed E-state index contributed by atoms with van der Waals surface area (Å²) >= 11 is 5.71. The fraction of sp³-hybridized carbons (Fsp3) is 0.520. The molecule has 0 saturated carbocycles. The maximum Gasteiger partial charge on any atom is 0.323 e. The number of alkyl halides is 1. The Balaban J connectivity index is 1.56. The largest absolute Gasteiger partial charge is 0.476 e. The summed E-state index contributed by atoms with van der Waals surface area (Å²) in [6.45, 7) is 4.45. The zero-order valence-electron chi connectivity index (χ0n) is 23.3. The topological polar surface area (TPSA) is 165 Å². The third kappa shape index (κ3) is 6.93. The van der Waals surface area contributed by atoms with Gasteiger partial charge in [0.15, 0.2) is 23.1 Å². The number of nitrogens with two attached hydrogens (primary N) is 1. The van der Waals surface area contributed by atoms with E-state index in [-0.39, 0.29) is 35.7 Å². The van der Waals surface area contributed by atoms with Crippen LogP contribution in [0.1, 0.15) is 40.8 Å². The van der Waals surface area contributed by atoms with Crippen molar-refractivity contribution in [3.8, 4) is 11.6 Å². The van der Waals surface area contributed by atoms with E-state index in [1.54, 1.807) is 58.0 Å². The molecule has 3 aromatic rings. The van der Waals surface area contributed by atoms with Gasteiger partial charge >= 0.3 is 12.6 Å². The Morgan fingerprint density at radius 2 is 2.02 bits per heavy atom. The molecular weight excluding hydrogens is 578 g/mol. The van der Waals surface area contributed by atoms with Crippen molar-refractivity contribution in [3.05, 3.63) is 36.7 Å². The van der Waals surface area contributed by atoms with Crippen molar-refractivity contribution >= 4 is 41.5 Å². The zero-order valence-corrected chi connectivity index (χ0v) is 25.0. The maximum atomic E-state index is 16.1. The predicted octanol–water partition coefficient (Wildman–Crippen LogP) is 3.04. The van der Waals surface area contributed by atoms with Crippen LogP contribution in [0.3, 0.4) is 0 Å². The Morgan fingerprint density at radius 1 is 1.32 bits per heavy atom. The van der Waals surface area contributed by atoms with E-state index in [0.29, 0.717) is 12.4 Å². The van der Waals surface area contributed by atoms with E-state index in [1.807, 2.05) is 0 Å². The first-order valence-corrected chi connectivity index (χ1v) is 15.6. The molecule has 0 spiro atoms. The van der Waals surface area contributed by atoms with Gasteiger partial charge in [0.05, 0.1) is 25.6 Å². The lowest BCUT2D eigenvalue weighted by atomic mass is 9.98. The average Bonchev–Trinajstić information content (AvgIpc) is 3.41. The second kappa shape index (κ2) is 12.5. The fourth-order valence-corrected chi connectivity index (χ4v) is 6.59. The number of aliphatic hydroxyl groups excluding tert-OH is 1. The molecule has 0 aliphatic carbocycles. The average molecular weight is 613 g/mol. The smallest absolute Gasteiger partial charge is 0.323 e. The molecule has 1 aliphatic rings. The summed E-state index contributed by atoms with van der Waals surface area (Å²) in [7, 11) is 0. The highest BCUT2D eigenvalue weighted by molar-refractivity contribution is 8.09. The number of hydrogen-bond acceptors (Lipinski definition) is 12. The van der Waals surface area contributed by atoms with E-state index in [4.69, 9.17) is 40.8 Å². The minimum atomic E-state index is -3.46. The van der Waals surface area contributed by atoms with Gasteiger partial charge in [-0.3, -0.25) is 9.36 Å². The van der Waals surface area contributed by atoms with Crippen LogP contribution in [0.15, 0.2) is 36.7 Å². The molecule has 16 heteroatoms. The number of hydrogen-bond donors (Lipinski definition) is 3. The second-order valence-corrected chi connectivity index (χ2v) is 12.9. The van der Waals surface area contributed by atoms with Crippen molar-refractivity contribution in [2.24, 2.45) is 0 Å². The van der Waals surface area contributed by atoms with Crippen LogP contribution in [0.5, 0.6) is 11.6 Å². The van der Waals surface area contributed by atoms with E-state index in [2.05, 4.69) is 20.0 Å². The molecule has 2 unspecified atom stereocenters. The van der Waals surface area contributed by atoms with Crippen molar-refractivity contribution in [1.82, 2.24) is 24.6 Å². The monoisotopic (exact) mass is 612 g/mol. The van der Waals surface area contributed by atoms with Crippen LogP contribution in [0.4, 0.5) is 10.3 Å². The first-order valence-electron chi connectivity index (χ1n) is 13.0. The fourth-order valence-electron chi connectivity index (χ4n) is 4.17. The number of benzene rings is 1. The summed E-state index contributed by atoms with van der Waals surface area (Å²) < 4.78 is 46.0. The normalized spacial score (nSPS) is 24.7. The highest BCUT2D eigenvalue weighted by Gasteiger charge is 2.56. The van der Waals surface area contributed by atoms with Crippen molar-refractivity contribution in [3.63, 3.8) is 0 Å². The van der Waals surface area contributed by atoms with E-state index in [1.165, 1.54) is 17.8 Å². The number of para-hydroxylation sites is 1. The lowest BCUT2D eigenvalue weighted by molar-refractivity contribution is -0.149. The number of anilines is 1. The van der Waals surface area contributed by atoms with Crippen molar-refractivity contribution in [2.45, 2.75) is 70.9 Å². The lowest BCUT2D eigenvalue weighted by Crippen LogP contribution is -2.41. The third-order valence-corrected chi connectivity index (χ3v) is 8.59. The molecule has 0 amide bonds. The van der Waals surface area contributed by atoms with Gasteiger partial charge in [-0.05, 0) is 58.6 Å². The Hall–Kier alpha value is -2.94. The zero-order chi connectivity index (χ0) is 29.9. The molecule has 41 heavy (non-hydrogen) atoms. The van der Waals surface area contributed by atoms with E-state index >= 15 is 4.39 Å². The molecule has 4 N–H and O–H groups in total. The summed E-state index contributed by atoms with van der Waals surface area (Å²) in [5.41, 5.74) is 3.96. The van der Waals surface area contributed by atoms with Gasteiger partial charge in [-0.2, -0.15) is 9.97 Å². The number of aliphatic hydroxyl groups is 1. The standard InChI is InChI=1S/C25H34FN6O7PS/c1-6-35-21-18-20(29-24(27)30-21)32(13-28-18)23-25(5,26)19(33)17(38-23)12-36-40(41,39-16-10-8-7-9-11-16)31-15(4)22(34)37-14(2)3/h7-11,13-15,17,19,23,33H,6,12H2,1-5H3,(H,31,41)(H2,27,29,30)/t15-,17-,19-,23?,25-,40?/m1/s1. The van der Waals surface area contributed by atoms with Crippen LogP contribution in [0.2, 0.25) is 0 Å². The molecule has 1 fully saturated rings. The Kier molecular flexibility index (Phi) is 9.46.